The second-order valence-corrected chi connectivity index (χ2v) is 16.6. The number of carbonyl (C=O) groups is 1. The summed E-state index contributed by atoms with van der Waals surface area (Å²) in [5, 5.41) is -0.0142. The summed E-state index contributed by atoms with van der Waals surface area (Å²) in [5.74, 6) is 0. The molecule has 1 radical (unpaired) electrons. The van der Waals surface area contributed by atoms with Crippen LogP contribution < -0.4 is 0 Å². The number of hydrogen-bond acceptors (Lipinski definition) is 3. The fourth-order valence-corrected chi connectivity index (χ4v) is 14.0. The summed E-state index contributed by atoms with van der Waals surface area (Å²) >= 11 is 0.174. The minimum absolute atomic E-state index is 0.0142. The standard InChI is InChI=1S/C10H19O2S.2C4H9.Sn/c1-3-4-5-6-7-8-9-12-10(11)13-2;2*1-3-4-2;/h2-9H2,1H3;2*1,3-4H2,2H3;. The number of unbranched alkanes of at least 4 members (excludes halogenated alkanes) is 7. The second kappa shape index (κ2) is 18.0. The maximum atomic E-state index is 11.8. The molecule has 0 aromatic heterocycles. The van der Waals surface area contributed by atoms with Crippen molar-refractivity contribution >= 4 is 36.8 Å². The van der Waals surface area contributed by atoms with Gasteiger partial charge in [0.25, 0.3) is 0 Å². The molecule has 131 valence electrons. The van der Waals surface area contributed by atoms with Gasteiger partial charge >= 0.3 is 151 Å². The second-order valence-electron chi connectivity index (χ2n) is 6.11. The van der Waals surface area contributed by atoms with E-state index in [-0.39, 0.29) is 5.30 Å². The Kier molecular flexibility index (Phi) is 18.5. The van der Waals surface area contributed by atoms with Crippen LogP contribution in [0.5, 0.6) is 0 Å². The first kappa shape index (κ1) is 22.6. The quantitative estimate of drug-likeness (QED) is 0.160. The van der Waals surface area contributed by atoms with E-state index in [2.05, 4.69) is 20.8 Å². The Morgan fingerprint density at radius 2 is 1.36 bits per heavy atom. The SMILES string of the molecule is CCCCCCCCOC(=O)S[CH2][Sn]([CH2]CCC)[CH2]CCC. The third-order valence-corrected chi connectivity index (χ3v) is 15.6. The molecule has 0 amide bonds. The summed E-state index contributed by atoms with van der Waals surface area (Å²) in [6.07, 6.45) is 12.8. The van der Waals surface area contributed by atoms with Crippen LogP contribution in [0.15, 0.2) is 0 Å². The first-order chi connectivity index (χ1) is 10.7. The van der Waals surface area contributed by atoms with E-state index in [9.17, 15) is 4.79 Å². The van der Waals surface area contributed by atoms with Gasteiger partial charge in [0, 0.05) is 0 Å². The van der Waals surface area contributed by atoms with E-state index >= 15 is 0 Å². The molecule has 0 saturated heterocycles. The molecule has 0 aliphatic heterocycles. The van der Waals surface area contributed by atoms with Gasteiger partial charge in [0.05, 0.1) is 0 Å². The number of carbonyl (C=O) groups excluding carboxylic acids is 1. The molecule has 0 bridgehead atoms. The van der Waals surface area contributed by atoms with E-state index in [4.69, 9.17) is 4.74 Å². The van der Waals surface area contributed by atoms with Gasteiger partial charge in [-0.3, -0.25) is 0 Å². The van der Waals surface area contributed by atoms with Crippen LogP contribution in [0.1, 0.15) is 85.0 Å². The van der Waals surface area contributed by atoms with Gasteiger partial charge < -0.3 is 0 Å². The molecule has 4 heteroatoms. The molecule has 0 unspecified atom stereocenters. The van der Waals surface area contributed by atoms with Gasteiger partial charge in [-0.05, 0) is 0 Å². The summed E-state index contributed by atoms with van der Waals surface area (Å²) in [7, 11) is 0. The molecule has 0 saturated carbocycles. The molecular formula is C18H37O2SSn. The average molecular weight is 436 g/mol. The Labute approximate surface area is 150 Å². The Morgan fingerprint density at radius 1 is 0.818 bits per heavy atom. The Hall–Kier alpha value is 0.619. The first-order valence-electron chi connectivity index (χ1n) is 9.37. The predicted octanol–water partition coefficient (Wildman–Crippen LogP) is 6.85. The van der Waals surface area contributed by atoms with Crippen LogP contribution >= 0.6 is 11.8 Å². The van der Waals surface area contributed by atoms with E-state index in [0.29, 0.717) is 6.61 Å². The van der Waals surface area contributed by atoms with Crippen molar-refractivity contribution in [3.05, 3.63) is 0 Å². The van der Waals surface area contributed by atoms with Crippen molar-refractivity contribution < 1.29 is 9.53 Å². The molecule has 0 spiro atoms. The van der Waals surface area contributed by atoms with Crippen LogP contribution in [0.4, 0.5) is 4.79 Å². The molecule has 2 nitrogen and oxygen atoms in total. The van der Waals surface area contributed by atoms with Crippen LogP contribution in [0.25, 0.3) is 0 Å². The van der Waals surface area contributed by atoms with Gasteiger partial charge in [0.15, 0.2) is 0 Å². The van der Waals surface area contributed by atoms with Gasteiger partial charge in [-0.2, -0.15) is 0 Å². The zero-order valence-corrected chi connectivity index (χ0v) is 18.8. The zero-order valence-electron chi connectivity index (χ0n) is 15.1. The van der Waals surface area contributed by atoms with Gasteiger partial charge in [0.2, 0.25) is 0 Å². The number of ether oxygens (including phenoxy) is 1. The van der Waals surface area contributed by atoms with E-state index in [0.717, 1.165) is 10.2 Å². The molecule has 0 aromatic carbocycles. The fourth-order valence-electron chi connectivity index (χ4n) is 2.36. The topological polar surface area (TPSA) is 26.3 Å². The van der Waals surface area contributed by atoms with Crippen molar-refractivity contribution in [1.29, 1.82) is 0 Å². The number of rotatable bonds is 15. The molecule has 0 rings (SSSR count). The third kappa shape index (κ3) is 15.5. The Bertz CT molecular complexity index is 241. The summed E-state index contributed by atoms with van der Waals surface area (Å²) in [5.41, 5.74) is 0. The molecule has 22 heavy (non-hydrogen) atoms. The molecule has 0 fully saturated rings. The van der Waals surface area contributed by atoms with Crippen LogP contribution in [-0.4, -0.2) is 35.4 Å². The van der Waals surface area contributed by atoms with Crippen molar-refractivity contribution in [3.8, 4) is 0 Å². The third-order valence-electron chi connectivity index (χ3n) is 3.88. The van der Waals surface area contributed by atoms with Crippen LogP contribution in [0, 0.1) is 0 Å². The van der Waals surface area contributed by atoms with Gasteiger partial charge in [0.1, 0.15) is 0 Å². The summed E-state index contributed by atoms with van der Waals surface area (Å²) < 4.78 is 9.41. The summed E-state index contributed by atoms with van der Waals surface area (Å²) in [4.78, 5) is 11.8. The Balaban J connectivity index is 3.61. The van der Waals surface area contributed by atoms with Gasteiger partial charge in [-0.1, -0.05) is 0 Å². The molecule has 0 heterocycles. The van der Waals surface area contributed by atoms with Crippen LogP contribution in [0.2, 0.25) is 8.87 Å². The van der Waals surface area contributed by atoms with Gasteiger partial charge in [-0.15, -0.1) is 0 Å². The van der Waals surface area contributed by atoms with E-state index in [1.807, 2.05) is 0 Å². The predicted molar refractivity (Wildman–Crippen MR) is 102 cm³/mol. The van der Waals surface area contributed by atoms with Crippen molar-refractivity contribution in [1.82, 2.24) is 0 Å². The van der Waals surface area contributed by atoms with Crippen molar-refractivity contribution in [3.63, 3.8) is 0 Å². The van der Waals surface area contributed by atoms with Crippen LogP contribution in [0.3, 0.4) is 0 Å². The number of thioether (sulfide) groups is 1. The van der Waals surface area contributed by atoms with E-state index in [1.165, 1.54) is 78.4 Å². The first-order valence-corrected chi connectivity index (χ1v) is 16.4. The molecule has 0 N–H and O–H groups in total. The molecular weight excluding hydrogens is 399 g/mol. The van der Waals surface area contributed by atoms with E-state index < -0.39 is 19.8 Å². The van der Waals surface area contributed by atoms with E-state index in [1.54, 1.807) is 0 Å². The number of hydrogen-bond donors (Lipinski definition) is 0. The molecule has 0 atom stereocenters. The normalized spacial score (nSPS) is 11.1. The zero-order chi connectivity index (χ0) is 16.5. The Morgan fingerprint density at radius 3 is 1.95 bits per heavy atom. The molecule has 0 aromatic rings. The summed E-state index contributed by atoms with van der Waals surface area (Å²) in [6.45, 7) is 7.39. The molecule has 0 aliphatic rings. The minimum atomic E-state index is -1.31. The van der Waals surface area contributed by atoms with Gasteiger partial charge in [-0.25, -0.2) is 0 Å². The molecule has 0 aliphatic carbocycles. The van der Waals surface area contributed by atoms with Crippen molar-refractivity contribution in [2.24, 2.45) is 0 Å². The van der Waals surface area contributed by atoms with Crippen molar-refractivity contribution in [2.75, 3.05) is 10.4 Å². The van der Waals surface area contributed by atoms with Crippen molar-refractivity contribution in [2.45, 2.75) is 93.9 Å². The van der Waals surface area contributed by atoms with Crippen LogP contribution in [-0.2, 0) is 4.74 Å². The fraction of sp³-hybridized carbons (Fsp3) is 0.944. The maximum absolute atomic E-state index is 11.8. The summed E-state index contributed by atoms with van der Waals surface area (Å²) in [6, 6.07) is 0. The average Bonchev–Trinajstić information content (AvgIpc) is 2.53. The monoisotopic (exact) mass is 437 g/mol.